The third-order valence-corrected chi connectivity index (χ3v) is 3.69. The Morgan fingerprint density at radius 3 is 2.22 bits per heavy atom. The first-order valence-electron chi connectivity index (χ1n) is 7.27. The SMILES string of the molecule is CCCCCCCC(C)(C)C(C)OC(=O)C(C)N. The van der Waals surface area contributed by atoms with Crippen molar-refractivity contribution in [3.63, 3.8) is 0 Å². The van der Waals surface area contributed by atoms with Gasteiger partial charge in [0.05, 0.1) is 0 Å². The van der Waals surface area contributed by atoms with Crippen molar-refractivity contribution in [1.82, 2.24) is 0 Å². The number of carbonyl (C=O) groups is 1. The van der Waals surface area contributed by atoms with Gasteiger partial charge >= 0.3 is 5.97 Å². The van der Waals surface area contributed by atoms with E-state index in [1.807, 2.05) is 6.92 Å². The summed E-state index contributed by atoms with van der Waals surface area (Å²) >= 11 is 0. The number of hydrogen-bond donors (Lipinski definition) is 1. The van der Waals surface area contributed by atoms with Crippen molar-refractivity contribution in [2.45, 2.75) is 85.3 Å². The molecule has 0 fully saturated rings. The molecule has 0 saturated heterocycles. The maximum absolute atomic E-state index is 11.5. The fourth-order valence-electron chi connectivity index (χ4n) is 1.83. The molecule has 0 aromatic carbocycles. The molecule has 2 unspecified atom stereocenters. The van der Waals surface area contributed by atoms with Crippen LogP contribution in [0.15, 0.2) is 0 Å². The van der Waals surface area contributed by atoms with Gasteiger partial charge in [-0.3, -0.25) is 4.79 Å². The van der Waals surface area contributed by atoms with Crippen LogP contribution in [0.4, 0.5) is 0 Å². The molecule has 0 bridgehead atoms. The molecule has 2 atom stereocenters. The summed E-state index contributed by atoms with van der Waals surface area (Å²) in [6.45, 7) is 10.2. The summed E-state index contributed by atoms with van der Waals surface area (Å²) in [4.78, 5) is 11.5. The van der Waals surface area contributed by atoms with Gasteiger partial charge in [-0.05, 0) is 20.3 Å². The van der Waals surface area contributed by atoms with Gasteiger partial charge in [-0.1, -0.05) is 52.9 Å². The van der Waals surface area contributed by atoms with Crippen molar-refractivity contribution in [1.29, 1.82) is 0 Å². The number of ether oxygens (including phenoxy) is 1. The summed E-state index contributed by atoms with van der Waals surface area (Å²) in [6, 6.07) is -0.534. The van der Waals surface area contributed by atoms with Crippen LogP contribution in [0.2, 0.25) is 0 Å². The van der Waals surface area contributed by atoms with Gasteiger partial charge in [0.15, 0.2) is 0 Å². The number of nitrogens with two attached hydrogens (primary N) is 1. The Morgan fingerprint density at radius 1 is 1.17 bits per heavy atom. The minimum Gasteiger partial charge on any atom is -0.461 e. The molecule has 0 aliphatic heterocycles. The Balaban J connectivity index is 3.99. The van der Waals surface area contributed by atoms with Gasteiger partial charge in [0.2, 0.25) is 0 Å². The predicted octanol–water partition coefficient (Wildman–Crippen LogP) is 3.65. The third-order valence-electron chi connectivity index (χ3n) is 3.69. The van der Waals surface area contributed by atoms with Crippen LogP contribution < -0.4 is 5.73 Å². The monoisotopic (exact) mass is 257 g/mol. The highest BCUT2D eigenvalue weighted by Crippen LogP contribution is 2.30. The molecule has 0 saturated carbocycles. The van der Waals surface area contributed by atoms with Gasteiger partial charge in [-0.15, -0.1) is 0 Å². The Hall–Kier alpha value is -0.570. The Bertz CT molecular complexity index is 237. The average molecular weight is 257 g/mol. The van der Waals surface area contributed by atoms with Crippen molar-refractivity contribution in [3.8, 4) is 0 Å². The van der Waals surface area contributed by atoms with Gasteiger partial charge in [0.25, 0.3) is 0 Å². The van der Waals surface area contributed by atoms with Gasteiger partial charge in [0.1, 0.15) is 12.1 Å². The van der Waals surface area contributed by atoms with Gasteiger partial charge in [-0.2, -0.15) is 0 Å². The van der Waals surface area contributed by atoms with Crippen LogP contribution >= 0.6 is 0 Å². The lowest BCUT2D eigenvalue weighted by Gasteiger charge is -2.32. The van der Waals surface area contributed by atoms with Gasteiger partial charge in [0, 0.05) is 5.41 Å². The van der Waals surface area contributed by atoms with Crippen molar-refractivity contribution in [3.05, 3.63) is 0 Å². The molecule has 0 aliphatic rings. The molecule has 0 aliphatic carbocycles. The Kier molecular flexibility index (Phi) is 8.25. The lowest BCUT2D eigenvalue weighted by molar-refractivity contribution is -0.155. The molecule has 0 spiro atoms. The standard InChI is InChI=1S/C15H31NO2/c1-6-7-8-9-10-11-15(4,5)13(3)18-14(17)12(2)16/h12-13H,6-11,16H2,1-5H3. The molecular formula is C15H31NO2. The summed E-state index contributed by atoms with van der Waals surface area (Å²) < 4.78 is 5.39. The summed E-state index contributed by atoms with van der Waals surface area (Å²) in [5.74, 6) is -0.304. The van der Waals surface area contributed by atoms with E-state index in [-0.39, 0.29) is 17.5 Å². The quantitative estimate of drug-likeness (QED) is 0.506. The summed E-state index contributed by atoms with van der Waals surface area (Å²) in [7, 11) is 0. The second-order valence-electron chi connectivity index (χ2n) is 6.02. The Morgan fingerprint density at radius 2 is 1.72 bits per heavy atom. The van der Waals surface area contributed by atoms with E-state index < -0.39 is 6.04 Å². The van der Waals surface area contributed by atoms with E-state index in [9.17, 15) is 4.79 Å². The van der Waals surface area contributed by atoms with E-state index in [0.717, 1.165) is 6.42 Å². The van der Waals surface area contributed by atoms with Gasteiger partial charge < -0.3 is 10.5 Å². The minimum atomic E-state index is -0.534. The topological polar surface area (TPSA) is 52.3 Å². The van der Waals surface area contributed by atoms with Crippen molar-refractivity contribution in [2.24, 2.45) is 11.1 Å². The van der Waals surface area contributed by atoms with Crippen LogP contribution in [0.1, 0.15) is 73.1 Å². The highest BCUT2D eigenvalue weighted by molar-refractivity contribution is 5.75. The number of rotatable bonds is 9. The minimum absolute atomic E-state index is 0.0246. The first kappa shape index (κ1) is 17.4. The number of hydrogen-bond acceptors (Lipinski definition) is 3. The van der Waals surface area contributed by atoms with Crippen molar-refractivity contribution >= 4 is 5.97 Å². The molecule has 2 N–H and O–H groups in total. The van der Waals surface area contributed by atoms with E-state index in [2.05, 4.69) is 20.8 Å². The maximum Gasteiger partial charge on any atom is 0.322 e. The number of esters is 1. The fraction of sp³-hybridized carbons (Fsp3) is 0.933. The average Bonchev–Trinajstić information content (AvgIpc) is 2.28. The molecule has 0 aromatic rings. The highest BCUT2D eigenvalue weighted by Gasteiger charge is 2.29. The molecular weight excluding hydrogens is 226 g/mol. The van der Waals surface area contributed by atoms with E-state index in [4.69, 9.17) is 10.5 Å². The van der Waals surface area contributed by atoms with Gasteiger partial charge in [-0.25, -0.2) is 0 Å². The second-order valence-corrected chi connectivity index (χ2v) is 6.02. The van der Waals surface area contributed by atoms with Crippen LogP contribution in [0.3, 0.4) is 0 Å². The summed E-state index contributed by atoms with van der Waals surface area (Å²) in [5.41, 5.74) is 5.53. The summed E-state index contributed by atoms with van der Waals surface area (Å²) in [6.07, 6.45) is 7.37. The van der Waals surface area contributed by atoms with E-state index in [0.29, 0.717) is 0 Å². The summed E-state index contributed by atoms with van der Waals surface area (Å²) in [5, 5.41) is 0. The predicted molar refractivity (Wildman–Crippen MR) is 76.4 cm³/mol. The second kappa shape index (κ2) is 8.52. The molecule has 18 heavy (non-hydrogen) atoms. The molecule has 0 aromatic heterocycles. The van der Waals surface area contributed by atoms with Crippen LogP contribution in [0.25, 0.3) is 0 Å². The molecule has 0 heterocycles. The molecule has 0 amide bonds. The van der Waals surface area contributed by atoms with Crippen LogP contribution in [-0.4, -0.2) is 18.1 Å². The van der Waals surface area contributed by atoms with Crippen LogP contribution in [0.5, 0.6) is 0 Å². The zero-order valence-electron chi connectivity index (χ0n) is 12.8. The first-order chi connectivity index (χ1) is 8.31. The fourth-order valence-corrected chi connectivity index (χ4v) is 1.83. The zero-order valence-corrected chi connectivity index (χ0v) is 12.8. The highest BCUT2D eigenvalue weighted by atomic mass is 16.5. The zero-order chi connectivity index (χ0) is 14.2. The number of unbranched alkanes of at least 4 members (excludes halogenated alkanes) is 4. The van der Waals surface area contributed by atoms with E-state index >= 15 is 0 Å². The maximum atomic E-state index is 11.5. The molecule has 108 valence electrons. The van der Waals surface area contributed by atoms with E-state index in [1.54, 1.807) is 6.92 Å². The lowest BCUT2D eigenvalue weighted by Crippen LogP contribution is -2.37. The van der Waals surface area contributed by atoms with Crippen LogP contribution in [-0.2, 0) is 9.53 Å². The molecule has 0 rings (SSSR count). The smallest absolute Gasteiger partial charge is 0.322 e. The van der Waals surface area contributed by atoms with E-state index in [1.165, 1.54) is 32.1 Å². The number of carbonyl (C=O) groups excluding carboxylic acids is 1. The third kappa shape index (κ3) is 7.00. The molecule has 3 heteroatoms. The largest absolute Gasteiger partial charge is 0.461 e. The first-order valence-corrected chi connectivity index (χ1v) is 7.27. The molecule has 0 radical (unpaired) electrons. The van der Waals surface area contributed by atoms with Crippen molar-refractivity contribution < 1.29 is 9.53 Å². The van der Waals surface area contributed by atoms with Crippen molar-refractivity contribution in [2.75, 3.05) is 0 Å². The normalized spacial score (nSPS) is 15.2. The van der Waals surface area contributed by atoms with Crippen LogP contribution in [0, 0.1) is 5.41 Å². The Labute approximate surface area is 112 Å². The molecule has 3 nitrogen and oxygen atoms in total. The lowest BCUT2D eigenvalue weighted by atomic mass is 9.82.